The number of rotatable bonds is 8. The van der Waals surface area contributed by atoms with Gasteiger partial charge in [0.25, 0.3) is 0 Å². The molecule has 0 fully saturated rings. The lowest BCUT2D eigenvalue weighted by Crippen LogP contribution is -2.44. The fourth-order valence-electron chi connectivity index (χ4n) is 1.80. The van der Waals surface area contributed by atoms with Gasteiger partial charge in [-0.2, -0.15) is 13.2 Å². The second-order valence-electron chi connectivity index (χ2n) is 4.12. The first-order valence-corrected chi connectivity index (χ1v) is 5.82. The molecule has 0 aromatic carbocycles. The number of hydrogen-bond acceptors (Lipinski definition) is 2. The van der Waals surface area contributed by atoms with Crippen molar-refractivity contribution in [3.8, 4) is 0 Å². The maximum Gasteiger partial charge on any atom is 0.401 e. The molecule has 17 heavy (non-hydrogen) atoms. The minimum Gasteiger partial charge on any atom is -0.480 e. The van der Waals surface area contributed by atoms with Crippen LogP contribution in [0.5, 0.6) is 0 Å². The van der Waals surface area contributed by atoms with Gasteiger partial charge < -0.3 is 5.11 Å². The molecule has 0 amide bonds. The summed E-state index contributed by atoms with van der Waals surface area (Å²) >= 11 is 0. The normalized spacial score (nSPS) is 14.0. The van der Waals surface area contributed by atoms with Gasteiger partial charge in [-0.05, 0) is 12.8 Å². The summed E-state index contributed by atoms with van der Waals surface area (Å²) < 4.78 is 37.0. The van der Waals surface area contributed by atoms with Crippen LogP contribution in [-0.2, 0) is 4.79 Å². The van der Waals surface area contributed by atoms with Crippen molar-refractivity contribution in [1.29, 1.82) is 0 Å². The van der Waals surface area contributed by atoms with Gasteiger partial charge in [-0.1, -0.05) is 26.7 Å². The Morgan fingerprint density at radius 1 is 1.35 bits per heavy atom. The molecule has 102 valence electrons. The molecule has 0 rings (SSSR count). The Bertz CT molecular complexity index is 231. The number of aliphatic carboxylic acids is 1. The van der Waals surface area contributed by atoms with Crippen LogP contribution in [0, 0.1) is 0 Å². The summed E-state index contributed by atoms with van der Waals surface area (Å²) in [4.78, 5) is 11.6. The molecule has 0 spiro atoms. The molecule has 0 heterocycles. The lowest BCUT2D eigenvalue weighted by atomic mass is 10.1. The van der Waals surface area contributed by atoms with Gasteiger partial charge in [0.15, 0.2) is 0 Å². The van der Waals surface area contributed by atoms with Crippen molar-refractivity contribution in [3.63, 3.8) is 0 Å². The van der Waals surface area contributed by atoms with Gasteiger partial charge in [0.1, 0.15) is 0 Å². The molecule has 0 bridgehead atoms. The summed E-state index contributed by atoms with van der Waals surface area (Å²) in [6, 6.07) is -0.312. The van der Waals surface area contributed by atoms with Crippen LogP contribution in [-0.4, -0.2) is 41.3 Å². The number of nitrogens with zero attached hydrogens (tertiary/aromatic N) is 1. The fraction of sp³-hybridized carbons (Fsp3) is 0.909. The van der Waals surface area contributed by atoms with Crippen molar-refractivity contribution in [2.45, 2.75) is 51.7 Å². The smallest absolute Gasteiger partial charge is 0.401 e. The van der Waals surface area contributed by atoms with Crippen LogP contribution >= 0.6 is 0 Å². The van der Waals surface area contributed by atoms with Gasteiger partial charge in [-0.3, -0.25) is 9.69 Å². The van der Waals surface area contributed by atoms with Crippen molar-refractivity contribution in [2.75, 3.05) is 13.1 Å². The van der Waals surface area contributed by atoms with Crippen molar-refractivity contribution >= 4 is 5.97 Å². The third kappa shape index (κ3) is 8.01. The minimum atomic E-state index is -4.35. The molecule has 1 N–H and O–H groups in total. The van der Waals surface area contributed by atoms with Gasteiger partial charge in [-0.15, -0.1) is 0 Å². The lowest BCUT2D eigenvalue weighted by Gasteiger charge is -2.30. The van der Waals surface area contributed by atoms with Crippen LogP contribution in [0.3, 0.4) is 0 Å². The Hall–Kier alpha value is -0.780. The summed E-state index contributed by atoms with van der Waals surface area (Å²) in [7, 11) is 0. The quantitative estimate of drug-likeness (QED) is 0.725. The fourth-order valence-corrected chi connectivity index (χ4v) is 1.80. The highest BCUT2D eigenvalue weighted by atomic mass is 19.4. The zero-order valence-electron chi connectivity index (χ0n) is 10.3. The van der Waals surface area contributed by atoms with E-state index in [1.54, 1.807) is 6.92 Å². The van der Waals surface area contributed by atoms with Gasteiger partial charge in [0.05, 0.1) is 13.1 Å². The molecule has 0 aliphatic heterocycles. The Kier molecular flexibility index (Phi) is 7.18. The van der Waals surface area contributed by atoms with Gasteiger partial charge in [-0.25, -0.2) is 0 Å². The summed E-state index contributed by atoms with van der Waals surface area (Å²) in [5, 5.41) is 8.64. The van der Waals surface area contributed by atoms with Gasteiger partial charge in [0, 0.05) is 6.04 Å². The van der Waals surface area contributed by atoms with Crippen LogP contribution in [0.15, 0.2) is 0 Å². The summed E-state index contributed by atoms with van der Waals surface area (Å²) in [6.07, 6.45) is -1.51. The Labute approximate surface area is 99.6 Å². The average Bonchev–Trinajstić information content (AvgIpc) is 2.15. The number of halogens is 3. The summed E-state index contributed by atoms with van der Waals surface area (Å²) in [6.45, 7) is 2.03. The van der Waals surface area contributed by atoms with E-state index >= 15 is 0 Å². The predicted octanol–water partition coefficient (Wildman–Crippen LogP) is 2.90. The predicted molar refractivity (Wildman–Crippen MR) is 58.9 cm³/mol. The SMILES string of the molecule is CCCCC(CC)N(CC(=O)O)CC(F)(F)F. The molecular formula is C11H20F3NO2. The lowest BCUT2D eigenvalue weighted by molar-refractivity contribution is -0.158. The Morgan fingerprint density at radius 3 is 2.29 bits per heavy atom. The molecular weight excluding hydrogens is 235 g/mol. The van der Waals surface area contributed by atoms with Crippen molar-refractivity contribution < 1.29 is 23.1 Å². The Morgan fingerprint density at radius 2 is 1.94 bits per heavy atom. The van der Waals surface area contributed by atoms with Gasteiger partial charge >= 0.3 is 12.1 Å². The molecule has 0 saturated carbocycles. The molecule has 0 aromatic rings. The average molecular weight is 255 g/mol. The molecule has 1 unspecified atom stereocenters. The number of carboxylic acid groups (broad SMARTS) is 1. The van der Waals surface area contributed by atoms with E-state index in [9.17, 15) is 18.0 Å². The van der Waals surface area contributed by atoms with E-state index in [1.165, 1.54) is 0 Å². The van der Waals surface area contributed by atoms with E-state index in [0.29, 0.717) is 12.8 Å². The highest BCUT2D eigenvalue weighted by Crippen LogP contribution is 2.21. The molecule has 0 radical (unpaired) electrons. The number of hydrogen-bond donors (Lipinski definition) is 1. The zero-order valence-corrected chi connectivity index (χ0v) is 10.3. The van der Waals surface area contributed by atoms with E-state index < -0.39 is 25.2 Å². The molecule has 0 aromatic heterocycles. The second-order valence-corrected chi connectivity index (χ2v) is 4.12. The van der Waals surface area contributed by atoms with Crippen LogP contribution in [0.2, 0.25) is 0 Å². The monoisotopic (exact) mass is 255 g/mol. The molecule has 1 atom stereocenters. The van der Waals surface area contributed by atoms with Crippen molar-refractivity contribution in [1.82, 2.24) is 4.90 Å². The highest BCUT2D eigenvalue weighted by Gasteiger charge is 2.34. The van der Waals surface area contributed by atoms with E-state index in [0.717, 1.165) is 17.7 Å². The van der Waals surface area contributed by atoms with Crippen LogP contribution in [0.1, 0.15) is 39.5 Å². The maximum atomic E-state index is 12.3. The molecule has 0 saturated heterocycles. The number of unbranched alkanes of at least 4 members (excludes halogenated alkanes) is 1. The largest absolute Gasteiger partial charge is 0.480 e. The second kappa shape index (κ2) is 7.53. The number of alkyl halides is 3. The van der Waals surface area contributed by atoms with E-state index in [-0.39, 0.29) is 6.04 Å². The first-order chi connectivity index (χ1) is 7.80. The first kappa shape index (κ1) is 16.2. The number of carbonyl (C=O) groups is 1. The summed E-state index contributed by atoms with van der Waals surface area (Å²) in [5.41, 5.74) is 0. The standard InChI is InChI=1S/C11H20F3NO2/c1-3-5-6-9(4-2)15(7-10(16)17)8-11(12,13)14/h9H,3-8H2,1-2H3,(H,16,17). The molecule has 0 aliphatic carbocycles. The van der Waals surface area contributed by atoms with Crippen LogP contribution < -0.4 is 0 Å². The van der Waals surface area contributed by atoms with Crippen LogP contribution in [0.4, 0.5) is 13.2 Å². The molecule has 3 nitrogen and oxygen atoms in total. The van der Waals surface area contributed by atoms with Crippen molar-refractivity contribution in [2.24, 2.45) is 0 Å². The minimum absolute atomic E-state index is 0.312. The third-order valence-corrected chi connectivity index (χ3v) is 2.60. The summed E-state index contributed by atoms with van der Waals surface area (Å²) in [5.74, 6) is -1.22. The Balaban J connectivity index is 4.55. The topological polar surface area (TPSA) is 40.5 Å². The third-order valence-electron chi connectivity index (χ3n) is 2.60. The molecule has 0 aliphatic rings. The molecule has 6 heteroatoms. The van der Waals surface area contributed by atoms with E-state index in [2.05, 4.69) is 0 Å². The zero-order chi connectivity index (χ0) is 13.5. The van der Waals surface area contributed by atoms with E-state index in [4.69, 9.17) is 5.11 Å². The van der Waals surface area contributed by atoms with E-state index in [1.807, 2.05) is 6.92 Å². The maximum absolute atomic E-state index is 12.3. The van der Waals surface area contributed by atoms with Crippen molar-refractivity contribution in [3.05, 3.63) is 0 Å². The van der Waals surface area contributed by atoms with Crippen LogP contribution in [0.25, 0.3) is 0 Å². The first-order valence-electron chi connectivity index (χ1n) is 5.82. The highest BCUT2D eigenvalue weighted by molar-refractivity contribution is 5.69. The number of carboxylic acids is 1. The van der Waals surface area contributed by atoms with Gasteiger partial charge in [0.2, 0.25) is 0 Å².